The lowest BCUT2D eigenvalue weighted by atomic mass is 10.00. The van der Waals surface area contributed by atoms with Crippen LogP contribution in [-0.2, 0) is 27.7 Å². The number of H-pyrrole nitrogens is 1. The van der Waals surface area contributed by atoms with Crippen molar-refractivity contribution >= 4 is 26.9 Å². The zero-order chi connectivity index (χ0) is 23.9. The van der Waals surface area contributed by atoms with Gasteiger partial charge in [0.15, 0.2) is 11.5 Å². The summed E-state index contributed by atoms with van der Waals surface area (Å²) in [5.74, 6) is 1.37. The molecule has 0 amide bonds. The molecule has 1 aromatic heterocycles. The maximum atomic E-state index is 13.3. The van der Waals surface area contributed by atoms with Crippen molar-refractivity contribution in [2.45, 2.75) is 17.9 Å². The van der Waals surface area contributed by atoms with Crippen molar-refractivity contribution < 1.29 is 22.6 Å². The summed E-state index contributed by atoms with van der Waals surface area (Å²) in [5.41, 5.74) is 1.93. The van der Waals surface area contributed by atoms with Gasteiger partial charge in [0, 0.05) is 32.2 Å². The fraction of sp³-hybridized carbons (Fsp3) is 0.391. The number of fused-ring (bicyclic) bond motifs is 2. The summed E-state index contributed by atoms with van der Waals surface area (Å²) < 4.78 is 44.0. The fourth-order valence-electron chi connectivity index (χ4n) is 4.53. The zero-order valence-corrected chi connectivity index (χ0v) is 19.9. The number of hydrogen-bond acceptors (Lipinski definition) is 8. The van der Waals surface area contributed by atoms with Crippen LogP contribution in [0.2, 0.25) is 0 Å². The van der Waals surface area contributed by atoms with E-state index in [0.717, 1.165) is 11.1 Å². The molecule has 3 heterocycles. The third-order valence-electron chi connectivity index (χ3n) is 6.31. The number of morpholine rings is 1. The molecule has 180 valence electrons. The van der Waals surface area contributed by atoms with Crippen molar-refractivity contribution in [3.05, 3.63) is 51.8 Å². The van der Waals surface area contributed by atoms with Crippen LogP contribution in [0.15, 0.2) is 40.0 Å². The highest BCUT2D eigenvalue weighted by Crippen LogP contribution is 2.32. The average Bonchev–Trinajstić information content (AvgIpc) is 2.87. The first-order valence-corrected chi connectivity index (χ1v) is 12.5. The van der Waals surface area contributed by atoms with Gasteiger partial charge in [-0.1, -0.05) is 12.1 Å². The molecule has 0 spiro atoms. The molecule has 1 N–H and O–H groups in total. The Morgan fingerprint density at radius 3 is 2.53 bits per heavy atom. The number of nitrogens with zero attached hydrogens (tertiary/aromatic N) is 3. The first-order chi connectivity index (χ1) is 16.4. The quantitative estimate of drug-likeness (QED) is 0.578. The van der Waals surface area contributed by atoms with Crippen LogP contribution in [-0.4, -0.2) is 69.8 Å². The lowest BCUT2D eigenvalue weighted by Gasteiger charge is -2.32. The summed E-state index contributed by atoms with van der Waals surface area (Å²) in [7, 11) is -0.558. The van der Waals surface area contributed by atoms with E-state index in [-0.39, 0.29) is 5.56 Å². The van der Waals surface area contributed by atoms with Crippen molar-refractivity contribution in [1.82, 2.24) is 14.3 Å². The molecule has 0 bridgehead atoms. The second kappa shape index (κ2) is 8.90. The number of methoxy groups -OCH3 is 2. The molecule has 34 heavy (non-hydrogen) atoms. The molecule has 11 heteroatoms. The van der Waals surface area contributed by atoms with Crippen LogP contribution in [0.25, 0.3) is 10.9 Å². The van der Waals surface area contributed by atoms with Gasteiger partial charge in [0.1, 0.15) is 0 Å². The van der Waals surface area contributed by atoms with Gasteiger partial charge in [0.2, 0.25) is 16.0 Å². The zero-order valence-electron chi connectivity index (χ0n) is 19.0. The third-order valence-corrected chi connectivity index (χ3v) is 8.29. The van der Waals surface area contributed by atoms with Gasteiger partial charge in [-0.15, -0.1) is 0 Å². The molecular weight excluding hydrogens is 460 g/mol. The van der Waals surface area contributed by atoms with Gasteiger partial charge in [-0.05, 0) is 29.7 Å². The summed E-state index contributed by atoms with van der Waals surface area (Å²) in [6, 6.07) is 8.65. The maximum absolute atomic E-state index is 13.3. The summed E-state index contributed by atoms with van der Waals surface area (Å²) in [4.78, 5) is 22.6. The molecule has 0 atom stereocenters. The molecule has 1 saturated heterocycles. The Morgan fingerprint density at radius 1 is 1.06 bits per heavy atom. The first kappa shape index (κ1) is 22.6. The van der Waals surface area contributed by atoms with Gasteiger partial charge in [-0.2, -0.15) is 4.31 Å². The predicted octanol–water partition coefficient (Wildman–Crippen LogP) is 1.52. The Kier molecular flexibility index (Phi) is 5.92. The minimum absolute atomic E-state index is 0.282. The Bertz CT molecular complexity index is 1400. The Hall–Kier alpha value is -3.15. The van der Waals surface area contributed by atoms with E-state index in [1.54, 1.807) is 24.3 Å². The predicted molar refractivity (Wildman–Crippen MR) is 126 cm³/mol. The number of hydrogen-bond donors (Lipinski definition) is 1. The third kappa shape index (κ3) is 3.89. The minimum atomic E-state index is -3.60. The molecule has 0 aliphatic carbocycles. The van der Waals surface area contributed by atoms with E-state index >= 15 is 0 Å². The van der Waals surface area contributed by atoms with Crippen LogP contribution in [0.1, 0.15) is 11.1 Å². The largest absolute Gasteiger partial charge is 0.493 e. The Morgan fingerprint density at radius 2 is 1.79 bits per heavy atom. The molecule has 1 fully saturated rings. The van der Waals surface area contributed by atoms with Crippen LogP contribution in [0.3, 0.4) is 0 Å². The lowest BCUT2D eigenvalue weighted by molar-refractivity contribution is 0.0730. The number of rotatable bonds is 5. The van der Waals surface area contributed by atoms with Crippen LogP contribution >= 0.6 is 0 Å². The van der Waals surface area contributed by atoms with Crippen LogP contribution in [0.5, 0.6) is 11.5 Å². The van der Waals surface area contributed by atoms with Crippen molar-refractivity contribution in [1.29, 1.82) is 0 Å². The standard InChI is InChI=1S/C23H26N4O6S/c1-31-19-12-17-18(13-20(19)32-2)24-23(25-22(17)28)26-7-6-16-15(14-26)4-3-5-21(16)34(29,30)27-8-10-33-11-9-27/h3-5,12-13H,6-11,14H2,1-2H3,(H,24,25,28). The number of aromatic amines is 1. The SMILES string of the molecule is COc1cc2nc(N3CCc4c(cccc4S(=O)(=O)N4CCOCC4)C3)[nH]c(=O)c2cc1OC. The number of benzene rings is 2. The second-order valence-corrected chi connectivity index (χ2v) is 10.1. The van der Waals surface area contributed by atoms with Gasteiger partial charge >= 0.3 is 0 Å². The average molecular weight is 487 g/mol. The number of aromatic nitrogens is 2. The van der Waals surface area contributed by atoms with E-state index in [0.29, 0.717) is 79.1 Å². The number of sulfonamides is 1. The molecule has 0 saturated carbocycles. The van der Waals surface area contributed by atoms with E-state index in [9.17, 15) is 13.2 Å². The first-order valence-electron chi connectivity index (χ1n) is 11.0. The maximum Gasteiger partial charge on any atom is 0.260 e. The number of anilines is 1. The molecule has 2 aromatic carbocycles. The van der Waals surface area contributed by atoms with Crippen LogP contribution in [0.4, 0.5) is 5.95 Å². The normalized spacial score (nSPS) is 16.9. The van der Waals surface area contributed by atoms with Crippen LogP contribution in [0, 0.1) is 0 Å². The van der Waals surface area contributed by atoms with Crippen LogP contribution < -0.4 is 19.9 Å². The van der Waals surface area contributed by atoms with Crippen molar-refractivity contribution in [3.8, 4) is 11.5 Å². The molecule has 3 aromatic rings. The van der Waals surface area contributed by atoms with E-state index in [1.165, 1.54) is 18.5 Å². The van der Waals surface area contributed by atoms with Gasteiger partial charge in [0.25, 0.3) is 5.56 Å². The number of ether oxygens (including phenoxy) is 3. The summed E-state index contributed by atoms with van der Waals surface area (Å²) in [6.07, 6.45) is 0.517. The van der Waals surface area contributed by atoms with E-state index in [1.807, 2.05) is 11.0 Å². The molecule has 5 rings (SSSR count). The Balaban J connectivity index is 1.49. The molecule has 0 radical (unpaired) electrons. The number of nitrogens with one attached hydrogen (secondary N) is 1. The summed E-state index contributed by atoms with van der Waals surface area (Å²) >= 11 is 0. The minimum Gasteiger partial charge on any atom is -0.493 e. The van der Waals surface area contributed by atoms with Gasteiger partial charge in [-0.25, -0.2) is 13.4 Å². The van der Waals surface area contributed by atoms with Crippen molar-refractivity contribution in [2.24, 2.45) is 0 Å². The summed E-state index contributed by atoms with van der Waals surface area (Å²) in [6.45, 7) is 2.47. The molecule has 10 nitrogen and oxygen atoms in total. The summed E-state index contributed by atoms with van der Waals surface area (Å²) in [5, 5.41) is 0.401. The lowest BCUT2D eigenvalue weighted by Crippen LogP contribution is -2.41. The van der Waals surface area contributed by atoms with Gasteiger partial charge in [0.05, 0.1) is 43.2 Å². The monoisotopic (exact) mass is 486 g/mol. The molecule has 2 aliphatic heterocycles. The topological polar surface area (TPSA) is 114 Å². The van der Waals surface area contributed by atoms with E-state index in [4.69, 9.17) is 14.2 Å². The van der Waals surface area contributed by atoms with Gasteiger partial charge in [-0.3, -0.25) is 9.78 Å². The highest BCUT2D eigenvalue weighted by molar-refractivity contribution is 7.89. The molecule has 2 aliphatic rings. The smallest absolute Gasteiger partial charge is 0.260 e. The Labute approximate surface area is 197 Å². The van der Waals surface area contributed by atoms with Crippen molar-refractivity contribution in [3.63, 3.8) is 0 Å². The second-order valence-electron chi connectivity index (χ2n) is 8.20. The molecular formula is C23H26N4O6S. The fourth-order valence-corrected chi connectivity index (χ4v) is 6.23. The van der Waals surface area contributed by atoms with Crippen molar-refractivity contribution in [2.75, 3.05) is 52.0 Å². The highest BCUT2D eigenvalue weighted by Gasteiger charge is 2.31. The van der Waals surface area contributed by atoms with Gasteiger partial charge < -0.3 is 19.1 Å². The molecule has 0 unspecified atom stereocenters. The highest BCUT2D eigenvalue weighted by atomic mass is 32.2. The van der Waals surface area contributed by atoms with E-state index in [2.05, 4.69) is 9.97 Å². The van der Waals surface area contributed by atoms with E-state index < -0.39 is 10.0 Å².